The highest BCUT2D eigenvalue weighted by molar-refractivity contribution is 5.97. The van der Waals surface area contributed by atoms with Gasteiger partial charge in [0.15, 0.2) is 0 Å². The van der Waals surface area contributed by atoms with E-state index in [0.29, 0.717) is 25.8 Å². The molecule has 192 valence electrons. The molecule has 0 saturated carbocycles. The monoisotopic (exact) mass is 501 g/mol. The second-order valence-corrected chi connectivity index (χ2v) is 9.06. The van der Waals surface area contributed by atoms with E-state index in [1.54, 1.807) is 0 Å². The Kier molecular flexibility index (Phi) is 7.22. The molecule has 2 aliphatic heterocycles. The first-order valence-electron chi connectivity index (χ1n) is 11.7. The summed E-state index contributed by atoms with van der Waals surface area (Å²) in [5.41, 5.74) is -1.37. The summed E-state index contributed by atoms with van der Waals surface area (Å²) in [5, 5.41) is 5.69. The minimum absolute atomic E-state index is 0.0310. The van der Waals surface area contributed by atoms with Crippen LogP contribution in [0.25, 0.3) is 0 Å². The molecule has 0 spiro atoms. The Morgan fingerprint density at radius 1 is 1.06 bits per heavy atom. The molecule has 36 heavy (non-hydrogen) atoms. The summed E-state index contributed by atoms with van der Waals surface area (Å²) in [6.45, 7) is 0.603. The van der Waals surface area contributed by atoms with E-state index in [-0.39, 0.29) is 42.6 Å². The number of hydrogen-bond donors (Lipinski definition) is 2. The lowest BCUT2D eigenvalue weighted by Gasteiger charge is -2.27. The van der Waals surface area contributed by atoms with Crippen molar-refractivity contribution in [3.05, 3.63) is 62.2 Å². The van der Waals surface area contributed by atoms with Gasteiger partial charge in [-0.15, -0.1) is 0 Å². The Morgan fingerprint density at radius 2 is 1.83 bits per heavy atom. The lowest BCUT2D eigenvalue weighted by atomic mass is 10.0. The van der Waals surface area contributed by atoms with Gasteiger partial charge in [-0.1, -0.05) is 0 Å². The van der Waals surface area contributed by atoms with E-state index in [2.05, 4.69) is 10.6 Å². The molecule has 11 nitrogen and oxygen atoms in total. The molecule has 1 aromatic heterocycles. The lowest BCUT2D eigenvalue weighted by molar-refractivity contribution is -0.125. The maximum absolute atomic E-state index is 13.9. The van der Waals surface area contributed by atoms with Crippen LogP contribution in [-0.2, 0) is 18.9 Å². The molecule has 3 amide bonds. The predicted octanol–water partition coefficient (Wildman–Crippen LogP) is -0.227. The van der Waals surface area contributed by atoms with Crippen LogP contribution in [0.1, 0.15) is 40.1 Å². The molecule has 0 unspecified atom stereocenters. The SMILES string of the molecule is Cn1c(C(=O)N2C[C@H]3CC[C@@H](C2)C(=O)NCCCOc2ccc(F)cc2C(=O)N3)cc(=O)n(C)c1=O. The van der Waals surface area contributed by atoms with Crippen molar-refractivity contribution in [2.45, 2.75) is 25.3 Å². The van der Waals surface area contributed by atoms with Crippen LogP contribution in [0.2, 0.25) is 0 Å². The molecule has 2 atom stereocenters. The number of benzene rings is 1. The van der Waals surface area contributed by atoms with Crippen LogP contribution >= 0.6 is 0 Å². The standard InChI is InChI=1S/C24H28FN5O6/c1-28-18(11-20(31)29(2)24(28)35)23(34)30-12-14-4-6-16(13-30)27-22(33)17-10-15(25)5-7-19(17)36-9-3-8-26-21(14)32/h5,7,10-11,14,16H,3-4,6,8-9,12-13H2,1-2H3,(H,26,32)(H,27,33)/t14-,16+/m0/s1. The van der Waals surface area contributed by atoms with E-state index < -0.39 is 40.8 Å². The van der Waals surface area contributed by atoms with Crippen molar-refractivity contribution in [3.8, 4) is 5.75 Å². The minimum Gasteiger partial charge on any atom is -0.493 e. The summed E-state index contributed by atoms with van der Waals surface area (Å²) in [7, 11) is 2.70. The molecule has 3 heterocycles. The van der Waals surface area contributed by atoms with E-state index in [0.717, 1.165) is 21.3 Å². The van der Waals surface area contributed by atoms with Crippen molar-refractivity contribution in [2.75, 3.05) is 26.2 Å². The van der Waals surface area contributed by atoms with Gasteiger partial charge in [-0.25, -0.2) is 9.18 Å². The molecular weight excluding hydrogens is 473 g/mol. The van der Waals surface area contributed by atoms with Gasteiger partial charge in [-0.2, -0.15) is 0 Å². The lowest BCUT2D eigenvalue weighted by Crippen LogP contribution is -2.48. The number of fused-ring (bicyclic) bond motifs is 4. The van der Waals surface area contributed by atoms with Crippen molar-refractivity contribution in [1.29, 1.82) is 0 Å². The third-order valence-corrected chi connectivity index (χ3v) is 6.55. The molecule has 0 radical (unpaired) electrons. The number of rotatable bonds is 1. The fraction of sp³-hybridized carbons (Fsp3) is 0.458. The zero-order chi connectivity index (χ0) is 26.0. The second-order valence-electron chi connectivity index (χ2n) is 9.06. The van der Waals surface area contributed by atoms with Gasteiger partial charge in [0.05, 0.1) is 18.1 Å². The number of nitrogens with zero attached hydrogens (tertiary/aromatic N) is 3. The maximum atomic E-state index is 13.9. The van der Waals surface area contributed by atoms with Crippen LogP contribution in [0.15, 0.2) is 33.9 Å². The first kappa shape index (κ1) is 25.1. The van der Waals surface area contributed by atoms with Gasteiger partial charge in [0.2, 0.25) is 5.91 Å². The zero-order valence-corrected chi connectivity index (χ0v) is 20.1. The van der Waals surface area contributed by atoms with E-state index in [9.17, 15) is 28.4 Å². The Bertz CT molecular complexity index is 1320. The Balaban J connectivity index is 1.69. The molecule has 2 N–H and O–H groups in total. The summed E-state index contributed by atoms with van der Waals surface area (Å²) < 4.78 is 21.6. The molecule has 1 fully saturated rings. The smallest absolute Gasteiger partial charge is 0.331 e. The largest absolute Gasteiger partial charge is 0.493 e. The second kappa shape index (κ2) is 10.3. The average molecular weight is 502 g/mol. The fourth-order valence-electron chi connectivity index (χ4n) is 4.47. The van der Waals surface area contributed by atoms with Crippen molar-refractivity contribution >= 4 is 17.7 Å². The van der Waals surface area contributed by atoms with Gasteiger partial charge in [-0.3, -0.25) is 28.3 Å². The Morgan fingerprint density at radius 3 is 2.61 bits per heavy atom. The molecule has 1 saturated heterocycles. The van der Waals surface area contributed by atoms with Crippen molar-refractivity contribution in [2.24, 2.45) is 20.0 Å². The van der Waals surface area contributed by atoms with Crippen LogP contribution in [0.5, 0.6) is 5.75 Å². The van der Waals surface area contributed by atoms with Crippen LogP contribution in [0, 0.1) is 11.7 Å². The number of halogens is 1. The number of ether oxygens (including phenoxy) is 1. The summed E-state index contributed by atoms with van der Waals surface area (Å²) >= 11 is 0. The first-order chi connectivity index (χ1) is 17.2. The van der Waals surface area contributed by atoms with Gasteiger partial charge in [-0.05, 0) is 37.5 Å². The molecule has 2 aromatic rings. The summed E-state index contributed by atoms with van der Waals surface area (Å²) in [4.78, 5) is 65.4. The topological polar surface area (TPSA) is 132 Å². The van der Waals surface area contributed by atoms with E-state index in [4.69, 9.17) is 4.74 Å². The number of carbonyl (C=O) groups excluding carboxylic acids is 3. The van der Waals surface area contributed by atoms with Gasteiger partial charge in [0.25, 0.3) is 17.4 Å². The first-order valence-corrected chi connectivity index (χ1v) is 11.7. The molecule has 0 aliphatic carbocycles. The summed E-state index contributed by atoms with van der Waals surface area (Å²) in [6, 6.07) is 4.18. The van der Waals surface area contributed by atoms with Gasteiger partial charge in [0, 0.05) is 45.8 Å². The zero-order valence-electron chi connectivity index (χ0n) is 20.1. The number of aromatic nitrogens is 2. The maximum Gasteiger partial charge on any atom is 0.331 e. The summed E-state index contributed by atoms with van der Waals surface area (Å²) in [5.74, 6) is -2.35. The van der Waals surface area contributed by atoms with Gasteiger partial charge < -0.3 is 20.3 Å². The van der Waals surface area contributed by atoms with Crippen molar-refractivity contribution in [3.63, 3.8) is 0 Å². The van der Waals surface area contributed by atoms with Gasteiger partial charge >= 0.3 is 5.69 Å². The minimum atomic E-state index is -0.656. The highest BCUT2D eigenvalue weighted by Crippen LogP contribution is 2.23. The molecule has 12 heteroatoms. The predicted molar refractivity (Wildman–Crippen MR) is 126 cm³/mol. The van der Waals surface area contributed by atoms with E-state index >= 15 is 0 Å². The molecule has 4 rings (SSSR count). The van der Waals surface area contributed by atoms with Crippen LogP contribution in [0.4, 0.5) is 4.39 Å². The van der Waals surface area contributed by atoms with Gasteiger partial charge in [0.1, 0.15) is 17.3 Å². The number of hydrogen-bond acceptors (Lipinski definition) is 6. The van der Waals surface area contributed by atoms with Crippen LogP contribution in [0.3, 0.4) is 0 Å². The fourth-order valence-corrected chi connectivity index (χ4v) is 4.47. The number of nitrogens with one attached hydrogen (secondary N) is 2. The Hall–Kier alpha value is -3.96. The van der Waals surface area contributed by atoms with Crippen LogP contribution in [-0.4, -0.2) is 64.0 Å². The van der Waals surface area contributed by atoms with E-state index in [1.807, 2.05) is 0 Å². The average Bonchev–Trinajstić information content (AvgIpc) is 3.07. The number of amides is 3. The van der Waals surface area contributed by atoms with Crippen molar-refractivity contribution < 1.29 is 23.5 Å². The number of likely N-dealkylation sites (tertiary alicyclic amines) is 1. The highest BCUT2D eigenvalue weighted by atomic mass is 19.1. The summed E-state index contributed by atoms with van der Waals surface area (Å²) in [6.07, 6.45) is 1.23. The van der Waals surface area contributed by atoms with E-state index in [1.165, 1.54) is 31.1 Å². The Labute approximate surface area is 205 Å². The molecule has 2 aliphatic rings. The number of carbonyl (C=O) groups is 3. The third-order valence-electron chi connectivity index (χ3n) is 6.55. The normalized spacial score (nSPS) is 20.9. The van der Waals surface area contributed by atoms with Crippen molar-refractivity contribution in [1.82, 2.24) is 24.7 Å². The third kappa shape index (κ3) is 5.16. The molecule has 1 aromatic carbocycles. The van der Waals surface area contributed by atoms with Crippen LogP contribution < -0.4 is 26.6 Å². The molecule has 2 bridgehead atoms. The quantitative estimate of drug-likeness (QED) is 0.555. The highest BCUT2D eigenvalue weighted by Gasteiger charge is 2.33. The molecular formula is C24H28FN5O6.